The summed E-state index contributed by atoms with van der Waals surface area (Å²) in [6.45, 7) is 3.27. The topological polar surface area (TPSA) is 295 Å². The van der Waals surface area contributed by atoms with Gasteiger partial charge in [-0.3, -0.25) is 33.7 Å². The van der Waals surface area contributed by atoms with E-state index in [-0.39, 0.29) is 73.5 Å². The molecule has 2 fully saturated rings. The van der Waals surface area contributed by atoms with Crippen molar-refractivity contribution in [3.8, 4) is 0 Å². The Morgan fingerprint density at radius 2 is 1.05 bits per heavy atom. The van der Waals surface area contributed by atoms with Crippen molar-refractivity contribution < 1.29 is 47.8 Å². The molecule has 2 rings (SSSR count). The Bertz CT molecular complexity index is 1260. The van der Waals surface area contributed by atoms with Crippen LogP contribution in [-0.2, 0) is 38.2 Å². The fourth-order valence-corrected chi connectivity index (χ4v) is 5.27. The Morgan fingerprint density at radius 3 is 1.50 bits per heavy atom. The lowest BCUT2D eigenvalue weighted by atomic mass is 10.1. The SMILES string of the molecule is CN(CC(=O)NCCCCC(NC1CC1)C(N)=O)CC(=O)NCCCC(NC1CC1)C(N)=O.COC(=O)NCCCC[C@H](NC(=O)OC)C(=O)NCCC(C)=O. The summed E-state index contributed by atoms with van der Waals surface area (Å²) < 4.78 is 8.92. The molecule has 320 valence electrons. The lowest BCUT2D eigenvalue weighted by Gasteiger charge is -2.17. The Balaban J connectivity index is 0.000000601. The van der Waals surface area contributed by atoms with Crippen molar-refractivity contribution >= 4 is 47.5 Å². The first-order chi connectivity index (χ1) is 26.6. The molecule has 0 spiro atoms. The highest BCUT2D eigenvalue weighted by Crippen LogP contribution is 2.21. The molecule has 20 heteroatoms. The standard InChI is InChI=1S/C22H41N7O4.C14H25N3O6/c1-29(14-20(31)26-12-4-6-18(22(24)33)28-16-9-10-16)13-19(30)25-11-3-2-5-17(21(23)32)27-15-7-8-15;1-10(18)7-9-15-12(19)11(17-14(21)23-3)6-4-5-8-16-13(20)22-2/h15-18,27-28H,2-14H2,1H3,(H2,23,32)(H2,24,33)(H,25,30)(H,26,31);11H,4-9H2,1-3H3,(H,15,19)(H,16,20)(H,17,21)/t;11-/m.0/s1. The summed E-state index contributed by atoms with van der Waals surface area (Å²) in [4.78, 5) is 93.7. The largest absolute Gasteiger partial charge is 0.453 e. The van der Waals surface area contributed by atoms with Gasteiger partial charge in [0.1, 0.15) is 11.8 Å². The number of likely N-dealkylation sites (N-methyl/N-ethyl adjacent to an activating group) is 1. The number of carbonyl (C=O) groups excluding carboxylic acids is 8. The van der Waals surface area contributed by atoms with Crippen molar-refractivity contribution in [1.82, 2.24) is 42.1 Å². The molecule has 7 amide bonds. The first-order valence-electron chi connectivity index (χ1n) is 19.4. The number of methoxy groups -OCH3 is 2. The van der Waals surface area contributed by atoms with Crippen LogP contribution in [0.25, 0.3) is 0 Å². The number of alkyl carbamates (subject to hydrolysis) is 2. The van der Waals surface area contributed by atoms with E-state index in [2.05, 4.69) is 46.7 Å². The minimum Gasteiger partial charge on any atom is -0.453 e. The second kappa shape index (κ2) is 28.8. The summed E-state index contributed by atoms with van der Waals surface area (Å²) in [5.74, 6) is -1.41. The number of ketones is 1. The number of nitrogens with two attached hydrogens (primary N) is 2. The second-order valence-corrected chi connectivity index (χ2v) is 14.1. The van der Waals surface area contributed by atoms with E-state index in [1.165, 1.54) is 21.1 Å². The Labute approximate surface area is 329 Å². The van der Waals surface area contributed by atoms with Gasteiger partial charge in [0, 0.05) is 44.7 Å². The van der Waals surface area contributed by atoms with E-state index in [0.717, 1.165) is 38.5 Å². The number of Topliss-reactive ketones (excluding diaryl/α,β-unsaturated/α-hetero) is 1. The summed E-state index contributed by atoms with van der Waals surface area (Å²) in [6.07, 6.45) is 8.40. The average molecular weight is 799 g/mol. The highest BCUT2D eigenvalue weighted by Gasteiger charge is 2.28. The molecular formula is C36H66N10O10. The number of ether oxygens (including phenoxy) is 2. The number of amides is 7. The molecule has 0 heterocycles. The predicted molar refractivity (Wildman–Crippen MR) is 207 cm³/mol. The van der Waals surface area contributed by atoms with Crippen LogP contribution in [0, 0.1) is 0 Å². The Hall–Kier alpha value is -4.56. The number of carbonyl (C=O) groups is 8. The molecule has 0 aliphatic heterocycles. The molecule has 0 radical (unpaired) electrons. The molecule has 0 aromatic carbocycles. The third-order valence-corrected chi connectivity index (χ3v) is 8.72. The molecule has 0 saturated heterocycles. The molecule has 0 bridgehead atoms. The molecule has 2 unspecified atom stereocenters. The minimum absolute atomic E-state index is 0.0309. The van der Waals surface area contributed by atoms with Gasteiger partial charge in [-0.05, 0) is 91.0 Å². The maximum Gasteiger partial charge on any atom is 0.407 e. The molecule has 0 aromatic heterocycles. The van der Waals surface area contributed by atoms with Gasteiger partial charge in [-0.2, -0.15) is 0 Å². The fraction of sp³-hybridized carbons (Fsp3) is 0.778. The van der Waals surface area contributed by atoms with Gasteiger partial charge >= 0.3 is 12.2 Å². The fourth-order valence-electron chi connectivity index (χ4n) is 5.27. The first kappa shape index (κ1) is 49.5. The number of nitrogens with zero attached hydrogens (tertiary/aromatic N) is 1. The molecular weight excluding hydrogens is 732 g/mol. The third kappa shape index (κ3) is 26.3. The molecule has 56 heavy (non-hydrogen) atoms. The van der Waals surface area contributed by atoms with E-state index < -0.39 is 18.2 Å². The average Bonchev–Trinajstić information content (AvgIpc) is 4.08. The molecule has 20 nitrogen and oxygen atoms in total. The first-order valence-corrected chi connectivity index (χ1v) is 19.4. The zero-order valence-corrected chi connectivity index (χ0v) is 33.5. The number of nitrogens with one attached hydrogen (secondary N) is 7. The maximum atomic E-state index is 12.1. The summed E-state index contributed by atoms with van der Waals surface area (Å²) in [7, 11) is 4.19. The summed E-state index contributed by atoms with van der Waals surface area (Å²) in [5.41, 5.74) is 10.8. The number of rotatable bonds is 29. The molecule has 2 aliphatic rings. The van der Waals surface area contributed by atoms with Gasteiger partial charge < -0.3 is 58.2 Å². The van der Waals surface area contributed by atoms with Crippen molar-refractivity contribution in [3.05, 3.63) is 0 Å². The van der Waals surface area contributed by atoms with Crippen LogP contribution in [0.2, 0.25) is 0 Å². The van der Waals surface area contributed by atoms with E-state index in [9.17, 15) is 38.4 Å². The molecule has 11 N–H and O–H groups in total. The molecule has 2 aliphatic carbocycles. The lowest BCUT2D eigenvalue weighted by molar-refractivity contribution is -0.125. The van der Waals surface area contributed by atoms with Crippen molar-refractivity contribution in [1.29, 1.82) is 0 Å². The van der Waals surface area contributed by atoms with Gasteiger partial charge in [0.15, 0.2) is 0 Å². The maximum absolute atomic E-state index is 12.1. The number of primary amides is 2. The zero-order valence-electron chi connectivity index (χ0n) is 33.5. The Morgan fingerprint density at radius 1 is 0.607 bits per heavy atom. The smallest absolute Gasteiger partial charge is 0.407 e. The normalized spacial score (nSPS) is 14.8. The van der Waals surface area contributed by atoms with Gasteiger partial charge in [-0.25, -0.2) is 9.59 Å². The van der Waals surface area contributed by atoms with E-state index in [4.69, 9.17) is 11.5 Å². The lowest BCUT2D eigenvalue weighted by Crippen LogP contribution is -2.47. The minimum atomic E-state index is -0.757. The van der Waals surface area contributed by atoms with Crippen LogP contribution in [0.1, 0.15) is 90.4 Å². The monoisotopic (exact) mass is 798 g/mol. The van der Waals surface area contributed by atoms with E-state index in [1.54, 1.807) is 11.9 Å². The van der Waals surface area contributed by atoms with Crippen molar-refractivity contribution in [3.63, 3.8) is 0 Å². The second-order valence-electron chi connectivity index (χ2n) is 14.1. The summed E-state index contributed by atoms with van der Waals surface area (Å²) in [5, 5.41) is 19.7. The number of hydrogen-bond donors (Lipinski definition) is 9. The molecule has 3 atom stereocenters. The molecule has 0 aromatic rings. The third-order valence-electron chi connectivity index (χ3n) is 8.72. The van der Waals surface area contributed by atoms with Gasteiger partial charge in [-0.15, -0.1) is 0 Å². The van der Waals surface area contributed by atoms with Gasteiger partial charge in [0.05, 0.1) is 39.4 Å². The Kier molecular flexibility index (Phi) is 25.4. The summed E-state index contributed by atoms with van der Waals surface area (Å²) >= 11 is 0. The number of unbranched alkanes of at least 4 members (excludes halogenated alkanes) is 2. The van der Waals surface area contributed by atoms with E-state index in [0.29, 0.717) is 70.2 Å². The van der Waals surface area contributed by atoms with Crippen molar-refractivity contribution in [2.24, 2.45) is 11.5 Å². The highest BCUT2D eigenvalue weighted by atomic mass is 16.5. The van der Waals surface area contributed by atoms with Crippen LogP contribution in [-0.4, -0.2) is 143 Å². The highest BCUT2D eigenvalue weighted by molar-refractivity contribution is 5.86. The van der Waals surface area contributed by atoms with E-state index >= 15 is 0 Å². The van der Waals surface area contributed by atoms with Crippen LogP contribution in [0.4, 0.5) is 9.59 Å². The quantitative estimate of drug-likeness (QED) is 0.0396. The van der Waals surface area contributed by atoms with Crippen LogP contribution >= 0.6 is 0 Å². The van der Waals surface area contributed by atoms with E-state index in [1.807, 2.05) is 0 Å². The summed E-state index contributed by atoms with van der Waals surface area (Å²) in [6, 6.07) is -0.585. The van der Waals surface area contributed by atoms with Gasteiger partial charge in [-0.1, -0.05) is 0 Å². The number of hydrogen-bond acceptors (Lipinski definition) is 13. The van der Waals surface area contributed by atoms with Gasteiger partial charge in [0.25, 0.3) is 0 Å². The van der Waals surface area contributed by atoms with Crippen molar-refractivity contribution in [2.45, 2.75) is 121 Å². The van der Waals surface area contributed by atoms with Crippen LogP contribution in [0.3, 0.4) is 0 Å². The predicted octanol–water partition coefficient (Wildman–Crippen LogP) is -1.35. The zero-order chi connectivity index (χ0) is 41.9. The van der Waals surface area contributed by atoms with Crippen LogP contribution < -0.4 is 48.7 Å². The molecule has 2 saturated carbocycles. The van der Waals surface area contributed by atoms with Crippen LogP contribution in [0.5, 0.6) is 0 Å². The van der Waals surface area contributed by atoms with Gasteiger partial charge in [0.2, 0.25) is 29.5 Å². The van der Waals surface area contributed by atoms with Crippen molar-refractivity contribution in [2.75, 3.05) is 60.5 Å². The van der Waals surface area contributed by atoms with Crippen LogP contribution in [0.15, 0.2) is 0 Å².